The fraction of sp³-hybridized carbons (Fsp3) is 0.614. The van der Waals surface area contributed by atoms with Gasteiger partial charge in [0.15, 0.2) is 5.78 Å². The Bertz CT molecular complexity index is 4590. The maximum absolute atomic E-state index is 13.3. The molecule has 8 N–H and O–H groups in total. The summed E-state index contributed by atoms with van der Waals surface area (Å²) in [6.07, 6.45) is -6.23. The van der Waals surface area contributed by atoms with Gasteiger partial charge in [0.1, 0.15) is 19.4 Å². The number of benzene rings is 2. The second-order valence-electron chi connectivity index (χ2n) is 33.0. The summed E-state index contributed by atoms with van der Waals surface area (Å²) >= 11 is -3.99. The van der Waals surface area contributed by atoms with Crippen molar-refractivity contribution in [2.24, 2.45) is 17.8 Å². The van der Waals surface area contributed by atoms with Crippen molar-refractivity contribution in [3.8, 4) is 0 Å². The second kappa shape index (κ2) is 79.1. The van der Waals surface area contributed by atoms with Gasteiger partial charge in [0, 0.05) is 146 Å². The van der Waals surface area contributed by atoms with E-state index in [-0.39, 0.29) is 363 Å². The number of nitrogens with zero attached hydrogens (tertiary/aromatic N) is 8. The molecule has 62 heteroatoms. The van der Waals surface area contributed by atoms with Crippen molar-refractivity contribution >= 4 is 151 Å². The Kier molecular flexibility index (Phi) is 80.9. The minimum absolute atomic E-state index is 0. The van der Waals surface area contributed by atoms with Crippen LogP contribution in [0.3, 0.4) is 0 Å². The third-order valence-corrected chi connectivity index (χ3v) is 28.0. The van der Waals surface area contributed by atoms with Crippen molar-refractivity contribution in [3.63, 3.8) is 0 Å². The zero-order chi connectivity index (χ0) is 102. The van der Waals surface area contributed by atoms with E-state index in [0.717, 1.165) is 5.56 Å². The summed E-state index contributed by atoms with van der Waals surface area (Å²) in [5, 5.41) is 123. The van der Waals surface area contributed by atoms with Crippen LogP contribution >= 0.6 is 15.2 Å². The summed E-state index contributed by atoms with van der Waals surface area (Å²) in [5.41, 5.74) is 1.75. The summed E-state index contributed by atoms with van der Waals surface area (Å²) in [6.45, 7) is 1.93. The Morgan fingerprint density at radius 2 is 0.724 bits per heavy atom. The van der Waals surface area contributed by atoms with Gasteiger partial charge in [0.05, 0.1) is 79.7 Å². The van der Waals surface area contributed by atoms with E-state index in [1.807, 2.05) is 24.9 Å². The molecule has 4 saturated heterocycles. The summed E-state index contributed by atoms with van der Waals surface area (Å²) < 4.78 is 50.2. The van der Waals surface area contributed by atoms with E-state index in [1.54, 1.807) is 39.0 Å². The average Bonchev–Trinajstić information content (AvgIpc) is 1.36. The molecule has 6 rings (SSSR count). The number of Topliss-reactive ketones (excluding diaryl/α,β-unsaturated/α-hetero) is 3. The number of fused-ring (bicyclic) bond motifs is 7. The maximum atomic E-state index is 13.3. The van der Waals surface area contributed by atoms with Crippen molar-refractivity contribution in [3.05, 3.63) is 70.8 Å². The Balaban J connectivity index is -0.00000130. The van der Waals surface area contributed by atoms with Gasteiger partial charge in [-0.1, -0.05) is 36.4 Å². The molecule has 51 nitrogen and oxygen atoms in total. The number of carbonyl (C=O) groups excluding carboxylic acids is 16. The molecule has 0 saturated carbocycles. The summed E-state index contributed by atoms with van der Waals surface area (Å²) in [4.78, 5) is 277. The molecule has 4 bridgehead atoms. The van der Waals surface area contributed by atoms with Gasteiger partial charge < -0.3 is 129 Å². The van der Waals surface area contributed by atoms with Gasteiger partial charge in [-0.25, -0.2) is 4.79 Å². The molecule has 0 aromatic heterocycles. The molecule has 3 amide bonds. The third-order valence-electron chi connectivity index (χ3n) is 22.2. The number of nitrogens with one attached hydrogen (secondary N) is 3. The second-order valence-corrected chi connectivity index (χ2v) is 39.4. The Hall–Kier alpha value is -2.94. The molecule has 2 aromatic rings. The summed E-state index contributed by atoms with van der Waals surface area (Å²) in [7, 11) is -9.59. The van der Waals surface area contributed by atoms with Crippen LogP contribution in [0.2, 0.25) is 0 Å². The minimum atomic E-state index is -4.97. The SMILES string of the molecule is O=C(O)CC[C@H](CP(=O)(O)OCC[C@H](NC(=O)CC[C@H](CC(=O)c1ccc(CCCC(=O)CN2CCN3CCN4CCN(CC2)CC(=O)[O][Ga]([O]C(=O)C3)[O]C(=O)C4)cc1)C(=O)O)C(=O)O)C(=O)O.O=C([O-])CC[C@H](CP(=O)([O-])OCC[C@H](NC(=O)CC[C@H](NC(=O)c1ccc(CCCC(=O)CN2CCN(CC(=O)[O-])CCN(CC(=O)[O-])CCN(CC(=O)[O-])CC2)cc1)C(=O)[O-])C(=O)[O-])C(=O)[O-].[Na+].[Na+].[Na+].[Na+].[Na+].[Na+].[Na+].[Na+]. The Morgan fingerprint density at radius 1 is 0.379 bits per heavy atom. The molecule has 4 aliphatic heterocycles. The fourth-order valence-corrected chi connectivity index (χ4v) is 19.4. The number of ketones is 3. The molecule has 2 aromatic carbocycles. The number of hydrogen-bond acceptors (Lipinski definition) is 43. The van der Waals surface area contributed by atoms with E-state index in [0.29, 0.717) is 83.6 Å². The van der Waals surface area contributed by atoms with E-state index >= 15 is 0 Å². The van der Waals surface area contributed by atoms with Crippen LogP contribution < -0.4 is 293 Å². The van der Waals surface area contributed by atoms with Crippen LogP contribution in [-0.2, 0) is 128 Å². The first-order valence-corrected chi connectivity index (χ1v) is 50.3. The third kappa shape index (κ3) is 64.9. The number of aryl methyl sites for hydroxylation is 2. The van der Waals surface area contributed by atoms with Crippen LogP contribution in [0.25, 0.3) is 0 Å². The van der Waals surface area contributed by atoms with Gasteiger partial charge in [0.2, 0.25) is 11.8 Å². The van der Waals surface area contributed by atoms with Crippen molar-refractivity contribution in [2.75, 3.05) is 183 Å². The number of rotatable bonds is 55. The quantitative estimate of drug-likeness (QED) is 0.0173. The van der Waals surface area contributed by atoms with Crippen molar-refractivity contribution in [1.82, 2.24) is 55.1 Å². The molecule has 760 valence electrons. The smallest absolute Gasteiger partial charge is 0.778 e. The van der Waals surface area contributed by atoms with Crippen molar-refractivity contribution in [2.45, 2.75) is 127 Å². The first kappa shape index (κ1) is 148. The number of amides is 3. The molecule has 4 unspecified atom stereocenters. The molecule has 0 spiro atoms. The first-order valence-electron chi connectivity index (χ1n) is 43.8. The van der Waals surface area contributed by atoms with Crippen LogP contribution in [0.4, 0.5) is 0 Å². The number of hydrogen-bond donors (Lipinski definition) is 8. The molecule has 10 atom stereocenters. The van der Waals surface area contributed by atoms with Crippen LogP contribution in [0.15, 0.2) is 48.5 Å². The van der Waals surface area contributed by atoms with E-state index < -0.39 is 285 Å². The molecule has 0 radical (unpaired) electrons. The van der Waals surface area contributed by atoms with Gasteiger partial charge >= 0.3 is 456 Å². The van der Waals surface area contributed by atoms with E-state index in [9.17, 15) is 166 Å². The van der Waals surface area contributed by atoms with E-state index in [4.69, 9.17) is 20.2 Å². The number of carboxylic acid groups (broad SMARTS) is 11. The van der Waals surface area contributed by atoms with Gasteiger partial charge in [-0.3, -0.25) is 62.5 Å². The molecular formula is C83H112GaN11Na8O40P2. The van der Waals surface area contributed by atoms with Crippen molar-refractivity contribution < 1.29 is 427 Å². The summed E-state index contributed by atoms with van der Waals surface area (Å²) in [6, 6.07) is 7.12. The van der Waals surface area contributed by atoms with E-state index in [2.05, 4.69) is 15.2 Å². The number of carboxylic acids is 11. The van der Waals surface area contributed by atoms with Crippen LogP contribution in [0, 0.1) is 17.8 Å². The molecule has 0 aliphatic carbocycles. The average molecular weight is 2220 g/mol. The van der Waals surface area contributed by atoms with Crippen molar-refractivity contribution in [1.29, 1.82) is 0 Å². The van der Waals surface area contributed by atoms with Crippen LogP contribution in [-0.4, -0.2) is 401 Å². The van der Waals surface area contributed by atoms with Crippen LogP contribution in [0.1, 0.15) is 128 Å². The zero-order valence-corrected chi connectivity index (χ0v) is 103. The van der Waals surface area contributed by atoms with Gasteiger partial charge in [-0.15, -0.1) is 0 Å². The van der Waals surface area contributed by atoms with Gasteiger partial charge in [-0.05, 0) is 74.6 Å². The topological polar surface area (TPSA) is 769 Å². The van der Waals surface area contributed by atoms with Crippen LogP contribution in [0.5, 0.6) is 0 Å². The minimum Gasteiger partial charge on any atom is -0.778 e. The Morgan fingerprint density at radius 3 is 1.10 bits per heavy atom. The Labute approximate surface area is 1020 Å². The molecule has 4 fully saturated rings. The van der Waals surface area contributed by atoms with Gasteiger partial charge in [0.25, 0.3) is 5.91 Å². The fourth-order valence-electron chi connectivity index (χ4n) is 14.5. The monoisotopic (exact) mass is 2220 g/mol. The first-order chi connectivity index (χ1) is 64.6. The van der Waals surface area contributed by atoms with Gasteiger partial charge in [-0.2, -0.15) is 0 Å². The zero-order valence-electron chi connectivity index (χ0n) is 83.0. The standard InChI is InChI=1S/C42H62N5O20P.C41H61N6O20P.Ga.8Na/c48-32(23-44-13-15-45(24-37(53)54)17-19-47(26-39(57)58)20-18-46(16-14-44)25-38(55)56)3-1-2-28-4-6-29(7-5-28)34(49)22-30(40(59)60)8-10-35(50)43-33(42(63)64)12-21-67-68(65,66)27-31(41(61)62)9-11-36(51)52;48-30(22-44-13-15-45(23-35(52)53)17-19-47(25-37(56)57)20-18-46(16-14-44)24-36(54)55)3-1-2-27-4-6-28(7-5-27)38(58)43-31(40(61)62)9-10-33(49)42-32(41(63)64)12-21-67-68(65,66)26-29(39(59)60)8-11-34(50)51;;;;;;;;;/h4-7,30-31,33H,1-3,8-27H2,(H,43,50)(H,51,52)(H,53,54)(H,55,56)(H,57,58)(H,59,60)(H,61,62)(H,63,64)(H,65,66);4-7,29,31-32H,1-3,8-26H2,(H,42,49)(H,43,58)(H,50,51)(H,52,53)(H,54,55)(H,56,57)(H,59,60)(H,61,62)(H,63,64)(H,65,66);;;;;;;;;/q;;+3;8*+1/p-11/t30-,31-,33+;29-,31+,32+;;;;;;;;;/m11........./s1. The predicted octanol–water partition coefficient (Wildman–Crippen LogP) is -36.0. The largest absolute Gasteiger partial charge is 1.00 e. The normalized spacial score (nSPS) is 18.2. The molecular weight excluding hydrogens is 2110 g/mol. The van der Waals surface area contributed by atoms with E-state index in [1.165, 1.54) is 29.2 Å². The molecule has 145 heavy (non-hydrogen) atoms. The predicted molar refractivity (Wildman–Crippen MR) is 450 cm³/mol. The number of aliphatic carboxylic acids is 11. The molecule has 4 heterocycles. The summed E-state index contributed by atoms with van der Waals surface area (Å²) in [5.74, 6) is -27.0. The molecule has 4 aliphatic rings. The maximum Gasteiger partial charge on any atom is 1.00 e. The number of carbonyl (C=O) groups is 20.